The van der Waals surface area contributed by atoms with Crippen LogP contribution in [0, 0.1) is 5.92 Å². The Morgan fingerprint density at radius 1 is 1.43 bits per heavy atom. The first-order chi connectivity index (χ1) is 6.55. The van der Waals surface area contributed by atoms with Crippen molar-refractivity contribution in [1.82, 2.24) is 0 Å². The number of phosphoric ester groups is 1. The van der Waals surface area contributed by atoms with E-state index in [-0.39, 0.29) is 0 Å². The zero-order valence-corrected chi connectivity index (χ0v) is 10.1. The highest BCUT2D eigenvalue weighted by atomic mass is 31.2. The molecular formula is C9H21O4P. The van der Waals surface area contributed by atoms with Crippen molar-refractivity contribution in [3.05, 3.63) is 0 Å². The summed E-state index contributed by atoms with van der Waals surface area (Å²) in [6, 6.07) is 0. The third kappa shape index (κ3) is 6.55. The molecule has 0 saturated carbocycles. The fourth-order valence-corrected chi connectivity index (χ4v) is 1.66. The van der Waals surface area contributed by atoms with E-state index in [2.05, 4.69) is 18.4 Å². The van der Waals surface area contributed by atoms with Gasteiger partial charge in [0.15, 0.2) is 0 Å². The quantitative estimate of drug-likeness (QED) is 0.644. The van der Waals surface area contributed by atoms with E-state index >= 15 is 0 Å². The van der Waals surface area contributed by atoms with Crippen molar-refractivity contribution in [2.75, 3.05) is 13.7 Å². The first-order valence-electron chi connectivity index (χ1n) is 5.08. The summed E-state index contributed by atoms with van der Waals surface area (Å²) in [5, 5.41) is 0. The summed E-state index contributed by atoms with van der Waals surface area (Å²) < 4.78 is 20.1. The molecule has 2 unspecified atom stereocenters. The highest BCUT2D eigenvalue weighted by Crippen LogP contribution is 2.42. The first-order valence-corrected chi connectivity index (χ1v) is 6.58. The Morgan fingerprint density at radius 3 is 2.50 bits per heavy atom. The largest absolute Gasteiger partial charge is 0.471 e. The summed E-state index contributed by atoms with van der Waals surface area (Å²) in [6.45, 7) is 4.48. The van der Waals surface area contributed by atoms with Crippen LogP contribution >= 0.6 is 7.82 Å². The Balaban J connectivity index is 3.77. The van der Waals surface area contributed by atoms with E-state index in [9.17, 15) is 4.57 Å². The van der Waals surface area contributed by atoms with Gasteiger partial charge in [0, 0.05) is 7.11 Å². The van der Waals surface area contributed by atoms with Gasteiger partial charge in [0.25, 0.3) is 0 Å². The first kappa shape index (κ1) is 14.1. The Labute approximate surface area is 86.2 Å². The molecular weight excluding hydrogens is 203 g/mol. The van der Waals surface area contributed by atoms with Crippen LogP contribution in [0.15, 0.2) is 0 Å². The molecule has 0 spiro atoms. The van der Waals surface area contributed by atoms with Gasteiger partial charge in [-0.15, -0.1) is 0 Å². The van der Waals surface area contributed by atoms with Crippen molar-refractivity contribution < 1.29 is 18.5 Å². The molecule has 4 nitrogen and oxygen atoms in total. The minimum Gasteiger partial charge on any atom is -0.303 e. The second kappa shape index (κ2) is 7.41. The maximum absolute atomic E-state index is 11.0. The minimum absolute atomic E-state index is 0.304. The van der Waals surface area contributed by atoms with Crippen molar-refractivity contribution >= 4 is 7.82 Å². The van der Waals surface area contributed by atoms with E-state index < -0.39 is 7.82 Å². The van der Waals surface area contributed by atoms with Crippen LogP contribution < -0.4 is 0 Å². The fourth-order valence-electron chi connectivity index (χ4n) is 1.15. The van der Waals surface area contributed by atoms with E-state index in [1.807, 2.05) is 0 Å². The van der Waals surface area contributed by atoms with E-state index in [4.69, 9.17) is 9.42 Å². The lowest BCUT2D eigenvalue weighted by atomic mass is 10.0. The summed E-state index contributed by atoms with van der Waals surface area (Å²) in [7, 11) is -2.60. The molecule has 0 radical (unpaired) electrons. The summed E-state index contributed by atoms with van der Waals surface area (Å²) in [5.41, 5.74) is 0. The van der Waals surface area contributed by atoms with Gasteiger partial charge in [0.05, 0.1) is 6.61 Å². The van der Waals surface area contributed by atoms with E-state index in [0.717, 1.165) is 25.7 Å². The number of unbranched alkanes of at least 4 members (excludes halogenated alkanes) is 1. The number of phosphoric acid groups is 1. The normalized spacial score (nSPS) is 17.7. The summed E-state index contributed by atoms with van der Waals surface area (Å²) in [6.07, 6.45) is 4.27. The second-order valence-corrected chi connectivity index (χ2v) is 4.92. The lowest BCUT2D eigenvalue weighted by Gasteiger charge is -2.16. The number of hydrogen-bond donors (Lipinski definition) is 1. The van der Waals surface area contributed by atoms with Gasteiger partial charge in [-0.05, 0) is 12.3 Å². The zero-order valence-electron chi connectivity index (χ0n) is 9.23. The molecule has 0 aliphatic heterocycles. The molecule has 0 fully saturated rings. The molecule has 0 aromatic carbocycles. The van der Waals surface area contributed by atoms with Crippen molar-refractivity contribution in [2.45, 2.75) is 39.5 Å². The van der Waals surface area contributed by atoms with Crippen molar-refractivity contribution in [3.8, 4) is 0 Å². The molecule has 0 aliphatic rings. The minimum atomic E-state index is -3.77. The molecule has 0 aliphatic carbocycles. The van der Waals surface area contributed by atoms with Crippen LogP contribution in [0.4, 0.5) is 0 Å². The summed E-state index contributed by atoms with van der Waals surface area (Å²) >= 11 is 0. The Kier molecular flexibility index (Phi) is 7.47. The van der Waals surface area contributed by atoms with Gasteiger partial charge in [-0.2, -0.15) is 0 Å². The van der Waals surface area contributed by atoms with Crippen molar-refractivity contribution in [1.29, 1.82) is 0 Å². The third-order valence-electron chi connectivity index (χ3n) is 2.25. The van der Waals surface area contributed by atoms with Gasteiger partial charge >= 0.3 is 7.82 Å². The van der Waals surface area contributed by atoms with Gasteiger partial charge in [-0.3, -0.25) is 9.05 Å². The Bertz CT molecular complexity index is 184. The van der Waals surface area contributed by atoms with Gasteiger partial charge in [-0.25, -0.2) is 4.57 Å². The van der Waals surface area contributed by atoms with E-state index in [1.54, 1.807) is 0 Å². The maximum atomic E-state index is 11.0. The predicted octanol–water partition coefficient (Wildman–Crippen LogP) is 2.97. The van der Waals surface area contributed by atoms with E-state index in [0.29, 0.717) is 12.5 Å². The lowest BCUT2D eigenvalue weighted by Crippen LogP contribution is -2.08. The van der Waals surface area contributed by atoms with Crippen LogP contribution in [-0.4, -0.2) is 18.6 Å². The molecule has 2 atom stereocenters. The van der Waals surface area contributed by atoms with Crippen LogP contribution in [0.1, 0.15) is 39.5 Å². The van der Waals surface area contributed by atoms with Gasteiger partial charge in [0.1, 0.15) is 0 Å². The zero-order chi connectivity index (χ0) is 11.0. The lowest BCUT2D eigenvalue weighted by molar-refractivity contribution is 0.144. The summed E-state index contributed by atoms with van der Waals surface area (Å²) in [4.78, 5) is 9.00. The second-order valence-electron chi connectivity index (χ2n) is 3.36. The molecule has 1 N–H and O–H groups in total. The highest BCUT2D eigenvalue weighted by Gasteiger charge is 2.20. The molecule has 0 aromatic heterocycles. The van der Waals surface area contributed by atoms with Crippen LogP contribution in [0.5, 0.6) is 0 Å². The molecule has 5 heteroatoms. The Morgan fingerprint density at radius 2 is 2.07 bits per heavy atom. The smallest absolute Gasteiger partial charge is 0.303 e. The average Bonchev–Trinajstić information content (AvgIpc) is 2.18. The molecule has 14 heavy (non-hydrogen) atoms. The molecule has 86 valence electrons. The highest BCUT2D eigenvalue weighted by molar-refractivity contribution is 7.47. The topological polar surface area (TPSA) is 55.8 Å². The van der Waals surface area contributed by atoms with Crippen molar-refractivity contribution in [3.63, 3.8) is 0 Å². The molecule has 0 rings (SSSR count). The molecule has 0 saturated heterocycles. The van der Waals surface area contributed by atoms with Crippen LogP contribution in [0.25, 0.3) is 0 Å². The van der Waals surface area contributed by atoms with Gasteiger partial charge in [-0.1, -0.05) is 33.1 Å². The SMILES string of the molecule is CCCCC(CC)COP(=O)(O)OC. The van der Waals surface area contributed by atoms with Gasteiger partial charge < -0.3 is 4.89 Å². The average molecular weight is 224 g/mol. The number of hydrogen-bond acceptors (Lipinski definition) is 3. The number of rotatable bonds is 8. The standard InChI is InChI=1S/C9H21O4P/c1-4-6-7-9(5-2)8-13-14(10,11)12-3/h9H,4-8H2,1-3H3,(H,10,11). The van der Waals surface area contributed by atoms with E-state index in [1.165, 1.54) is 7.11 Å². The van der Waals surface area contributed by atoms with Crippen LogP contribution in [0.3, 0.4) is 0 Å². The predicted molar refractivity (Wildman–Crippen MR) is 56.1 cm³/mol. The van der Waals surface area contributed by atoms with Gasteiger partial charge in [0.2, 0.25) is 0 Å². The summed E-state index contributed by atoms with van der Waals surface area (Å²) in [5.74, 6) is 0.352. The molecule has 0 heterocycles. The molecule has 0 amide bonds. The van der Waals surface area contributed by atoms with Crippen LogP contribution in [0.2, 0.25) is 0 Å². The third-order valence-corrected chi connectivity index (χ3v) is 3.18. The maximum Gasteiger partial charge on any atom is 0.471 e. The molecule has 0 bridgehead atoms. The molecule has 0 aromatic rings. The fraction of sp³-hybridized carbons (Fsp3) is 1.00. The monoisotopic (exact) mass is 224 g/mol. The Hall–Kier alpha value is 0.110. The van der Waals surface area contributed by atoms with Crippen LogP contribution in [-0.2, 0) is 13.6 Å². The van der Waals surface area contributed by atoms with Crippen molar-refractivity contribution in [2.24, 2.45) is 5.92 Å².